The lowest BCUT2D eigenvalue weighted by molar-refractivity contribution is -0.161. The minimum absolute atomic E-state index is 0.0214. The quantitative estimate of drug-likeness (QED) is 0.865. The first-order valence-corrected chi connectivity index (χ1v) is 7.42. The molecule has 0 spiro atoms. The monoisotopic (exact) mass is 375 g/mol. The lowest BCUT2D eigenvalue weighted by Gasteiger charge is -2.32. The summed E-state index contributed by atoms with van der Waals surface area (Å²) in [6.07, 6.45) is -1.85. The first-order valence-electron chi connectivity index (χ1n) is 6.63. The number of carboxylic acids is 1. The van der Waals surface area contributed by atoms with Crippen LogP contribution in [0.3, 0.4) is 0 Å². The molecular weight excluding hydrogens is 361 g/mol. The number of rotatable bonds is 4. The van der Waals surface area contributed by atoms with Crippen molar-refractivity contribution in [3.63, 3.8) is 0 Å². The van der Waals surface area contributed by atoms with E-state index in [0.29, 0.717) is 16.8 Å². The Balaban J connectivity index is 2.01. The molecule has 1 aliphatic heterocycles. The van der Waals surface area contributed by atoms with E-state index in [1.165, 1.54) is 23.1 Å². The lowest BCUT2D eigenvalue weighted by atomic mass is 10.2. The van der Waals surface area contributed by atoms with E-state index in [9.17, 15) is 14.0 Å². The van der Waals surface area contributed by atoms with Gasteiger partial charge in [0, 0.05) is 6.54 Å². The molecule has 1 amide bonds. The fourth-order valence-corrected chi connectivity index (χ4v) is 2.51. The van der Waals surface area contributed by atoms with Crippen LogP contribution in [0.15, 0.2) is 22.7 Å². The summed E-state index contributed by atoms with van der Waals surface area (Å²) in [4.78, 5) is 24.6. The molecule has 0 aliphatic carbocycles. The van der Waals surface area contributed by atoms with E-state index in [2.05, 4.69) is 15.9 Å². The number of aliphatic carboxylic acids is 1. The van der Waals surface area contributed by atoms with Gasteiger partial charge in [0.2, 0.25) is 0 Å². The molecule has 2 rings (SSSR count). The van der Waals surface area contributed by atoms with E-state index in [1.807, 2.05) is 0 Å². The normalized spacial score (nSPS) is 19.6. The van der Waals surface area contributed by atoms with Crippen molar-refractivity contribution in [2.45, 2.75) is 19.1 Å². The van der Waals surface area contributed by atoms with Crippen molar-refractivity contribution in [2.75, 3.05) is 19.7 Å². The molecule has 0 aromatic heterocycles. The molecule has 0 saturated carbocycles. The summed E-state index contributed by atoms with van der Waals surface area (Å²) in [6, 6.07) is 3.89. The summed E-state index contributed by atoms with van der Waals surface area (Å²) in [5.74, 6) is -1.53. The number of morpholine rings is 1. The Morgan fingerprint density at radius 1 is 1.55 bits per heavy atom. The third-order valence-corrected chi connectivity index (χ3v) is 3.82. The van der Waals surface area contributed by atoms with Gasteiger partial charge < -0.3 is 19.5 Å². The van der Waals surface area contributed by atoms with Gasteiger partial charge in [-0.15, -0.1) is 0 Å². The Labute approximate surface area is 134 Å². The van der Waals surface area contributed by atoms with Crippen LogP contribution in [0.25, 0.3) is 0 Å². The second-order valence-electron chi connectivity index (χ2n) is 4.82. The van der Waals surface area contributed by atoms with E-state index < -0.39 is 24.0 Å². The number of hydrogen-bond donors (Lipinski definition) is 1. The summed E-state index contributed by atoms with van der Waals surface area (Å²) in [6.45, 7) is 2.01. The van der Waals surface area contributed by atoms with Crippen molar-refractivity contribution >= 4 is 27.8 Å². The number of carboxylic acid groups (broad SMARTS) is 1. The molecule has 1 heterocycles. The molecule has 2 unspecified atom stereocenters. The Morgan fingerprint density at radius 2 is 2.27 bits per heavy atom. The second kappa shape index (κ2) is 7.06. The van der Waals surface area contributed by atoms with Gasteiger partial charge in [-0.2, -0.15) is 0 Å². The molecule has 120 valence electrons. The van der Waals surface area contributed by atoms with Crippen molar-refractivity contribution in [1.29, 1.82) is 0 Å². The number of hydrogen-bond acceptors (Lipinski definition) is 4. The van der Waals surface area contributed by atoms with E-state index in [1.54, 1.807) is 6.92 Å². The molecule has 2 atom stereocenters. The molecule has 1 N–H and O–H groups in total. The van der Waals surface area contributed by atoms with Crippen molar-refractivity contribution in [2.24, 2.45) is 0 Å². The van der Waals surface area contributed by atoms with Crippen LogP contribution in [0.1, 0.15) is 6.92 Å². The van der Waals surface area contributed by atoms with Crippen LogP contribution in [0.2, 0.25) is 0 Å². The summed E-state index contributed by atoms with van der Waals surface area (Å²) in [7, 11) is 0. The number of benzene rings is 1. The molecule has 1 aromatic rings. The second-order valence-corrected chi connectivity index (χ2v) is 5.67. The maximum absolute atomic E-state index is 13.0. The van der Waals surface area contributed by atoms with Crippen LogP contribution in [-0.2, 0) is 14.3 Å². The highest BCUT2D eigenvalue weighted by Gasteiger charge is 2.31. The maximum Gasteiger partial charge on any atom is 0.334 e. The zero-order valence-electron chi connectivity index (χ0n) is 11.8. The van der Waals surface area contributed by atoms with Crippen LogP contribution < -0.4 is 4.74 Å². The van der Waals surface area contributed by atoms with Crippen LogP contribution in [0.4, 0.5) is 4.39 Å². The van der Waals surface area contributed by atoms with Gasteiger partial charge >= 0.3 is 5.97 Å². The topological polar surface area (TPSA) is 76.1 Å². The molecule has 1 saturated heterocycles. The van der Waals surface area contributed by atoms with E-state index in [4.69, 9.17) is 14.6 Å². The van der Waals surface area contributed by atoms with Gasteiger partial charge in [0.05, 0.1) is 17.6 Å². The van der Waals surface area contributed by atoms with Gasteiger partial charge in [0.1, 0.15) is 11.6 Å². The Bertz CT molecular complexity index is 582. The molecular formula is C14H15BrFNO5. The van der Waals surface area contributed by atoms with Gasteiger partial charge in [0.15, 0.2) is 12.2 Å². The highest BCUT2D eigenvalue weighted by molar-refractivity contribution is 9.10. The number of carbonyl (C=O) groups excluding carboxylic acids is 1. The highest BCUT2D eigenvalue weighted by Crippen LogP contribution is 2.26. The number of amides is 1. The molecule has 0 radical (unpaired) electrons. The SMILES string of the molecule is CC(Oc1ccc(F)cc1Br)C(=O)N1CCOC(C(=O)O)C1. The van der Waals surface area contributed by atoms with Gasteiger partial charge in [-0.25, -0.2) is 9.18 Å². The Kier molecular flexibility index (Phi) is 5.36. The largest absolute Gasteiger partial charge is 0.480 e. The smallest absolute Gasteiger partial charge is 0.334 e. The number of nitrogens with zero attached hydrogens (tertiary/aromatic N) is 1. The van der Waals surface area contributed by atoms with Crippen molar-refractivity contribution in [3.05, 3.63) is 28.5 Å². The molecule has 0 bridgehead atoms. The lowest BCUT2D eigenvalue weighted by Crippen LogP contribution is -2.51. The number of ether oxygens (including phenoxy) is 2. The van der Waals surface area contributed by atoms with Gasteiger partial charge in [-0.05, 0) is 41.1 Å². The predicted octanol–water partition coefficient (Wildman–Crippen LogP) is 1.67. The summed E-state index contributed by atoms with van der Waals surface area (Å²) in [5.41, 5.74) is 0. The van der Waals surface area contributed by atoms with Crippen LogP contribution in [0.5, 0.6) is 5.75 Å². The van der Waals surface area contributed by atoms with E-state index >= 15 is 0 Å². The molecule has 22 heavy (non-hydrogen) atoms. The number of carbonyl (C=O) groups is 2. The van der Waals surface area contributed by atoms with Crippen molar-refractivity contribution in [1.82, 2.24) is 4.90 Å². The predicted molar refractivity (Wildman–Crippen MR) is 78.1 cm³/mol. The third-order valence-electron chi connectivity index (χ3n) is 3.20. The fraction of sp³-hybridized carbons (Fsp3) is 0.429. The van der Waals surface area contributed by atoms with Gasteiger partial charge in [-0.3, -0.25) is 4.79 Å². The van der Waals surface area contributed by atoms with E-state index in [-0.39, 0.29) is 19.1 Å². The Hall–Kier alpha value is -1.67. The zero-order chi connectivity index (χ0) is 16.3. The average Bonchev–Trinajstić information content (AvgIpc) is 2.49. The maximum atomic E-state index is 13.0. The molecule has 1 fully saturated rings. The van der Waals surface area contributed by atoms with Crippen LogP contribution >= 0.6 is 15.9 Å². The molecule has 1 aromatic carbocycles. The fourth-order valence-electron chi connectivity index (χ4n) is 2.07. The highest BCUT2D eigenvalue weighted by atomic mass is 79.9. The van der Waals surface area contributed by atoms with Crippen LogP contribution in [-0.4, -0.2) is 53.8 Å². The number of halogens is 2. The van der Waals surface area contributed by atoms with Gasteiger partial charge in [-0.1, -0.05) is 0 Å². The first-order chi connectivity index (χ1) is 10.4. The van der Waals surface area contributed by atoms with Gasteiger partial charge in [0.25, 0.3) is 5.91 Å². The summed E-state index contributed by atoms with van der Waals surface area (Å²) in [5, 5.41) is 8.94. The Morgan fingerprint density at radius 3 is 2.91 bits per heavy atom. The minimum atomic E-state index is -1.10. The third kappa shape index (κ3) is 3.95. The minimum Gasteiger partial charge on any atom is -0.480 e. The van der Waals surface area contributed by atoms with E-state index in [0.717, 1.165) is 0 Å². The molecule has 1 aliphatic rings. The zero-order valence-corrected chi connectivity index (χ0v) is 13.4. The standard InChI is InChI=1S/C14H15BrFNO5/c1-8(22-11-3-2-9(16)6-10(11)15)13(18)17-4-5-21-12(7-17)14(19)20/h2-3,6,8,12H,4-5,7H2,1H3,(H,19,20). The first kappa shape index (κ1) is 16.7. The van der Waals surface area contributed by atoms with Crippen molar-refractivity contribution in [3.8, 4) is 5.75 Å². The summed E-state index contributed by atoms with van der Waals surface area (Å²) < 4.78 is 24.0. The molecule has 6 nitrogen and oxygen atoms in total. The summed E-state index contributed by atoms with van der Waals surface area (Å²) >= 11 is 3.16. The molecule has 8 heteroatoms. The van der Waals surface area contributed by atoms with Crippen molar-refractivity contribution < 1.29 is 28.6 Å². The van der Waals surface area contributed by atoms with Crippen LogP contribution in [0, 0.1) is 5.82 Å². The average molecular weight is 376 g/mol.